The van der Waals surface area contributed by atoms with Crippen LogP contribution in [0.25, 0.3) is 5.69 Å². The maximum Gasteiger partial charge on any atom is 0.161 e. The van der Waals surface area contributed by atoms with Crippen molar-refractivity contribution in [1.29, 1.82) is 0 Å². The summed E-state index contributed by atoms with van der Waals surface area (Å²) in [6, 6.07) is 15.9. The Morgan fingerprint density at radius 1 is 1.10 bits per heavy atom. The lowest BCUT2D eigenvalue weighted by molar-refractivity contribution is -0.0961. The van der Waals surface area contributed by atoms with E-state index >= 15 is 0 Å². The molecular weight excluding hydrogens is 394 g/mol. The average molecular weight is 424 g/mol. The topological polar surface area (TPSA) is 69.0 Å². The molecular formula is C24H29N3O4. The summed E-state index contributed by atoms with van der Waals surface area (Å²) in [5, 5.41) is 14.7. The second-order valence-electron chi connectivity index (χ2n) is 7.64. The van der Waals surface area contributed by atoms with Crippen molar-refractivity contribution in [2.24, 2.45) is 0 Å². The summed E-state index contributed by atoms with van der Waals surface area (Å²) >= 11 is 0. The van der Waals surface area contributed by atoms with E-state index in [0.29, 0.717) is 24.7 Å². The molecule has 1 aliphatic rings. The molecule has 164 valence electrons. The average Bonchev–Trinajstić information content (AvgIpc) is 3.19. The van der Waals surface area contributed by atoms with Gasteiger partial charge >= 0.3 is 0 Å². The number of aliphatic hydroxyl groups is 1. The molecule has 1 N–H and O–H groups in total. The van der Waals surface area contributed by atoms with E-state index in [1.165, 1.54) is 0 Å². The van der Waals surface area contributed by atoms with Gasteiger partial charge in [-0.2, -0.15) is 5.10 Å². The number of morpholine rings is 1. The fourth-order valence-corrected chi connectivity index (χ4v) is 4.16. The molecule has 7 nitrogen and oxygen atoms in total. The third-order valence-corrected chi connectivity index (χ3v) is 5.78. The number of rotatable bonds is 7. The third-order valence-electron chi connectivity index (χ3n) is 5.78. The van der Waals surface area contributed by atoms with Crippen LogP contribution < -0.4 is 9.47 Å². The fourth-order valence-electron chi connectivity index (χ4n) is 4.16. The molecule has 0 saturated carbocycles. The van der Waals surface area contributed by atoms with Crippen LogP contribution in [-0.4, -0.2) is 59.9 Å². The van der Waals surface area contributed by atoms with E-state index < -0.39 is 0 Å². The number of nitrogens with zero attached hydrogens (tertiary/aromatic N) is 3. The molecule has 2 heterocycles. The Balaban J connectivity index is 1.64. The Labute approximate surface area is 182 Å². The van der Waals surface area contributed by atoms with Gasteiger partial charge in [-0.05, 0) is 36.8 Å². The number of methoxy groups -OCH3 is 2. The summed E-state index contributed by atoms with van der Waals surface area (Å²) in [6.07, 6.45) is 1.76. The zero-order valence-corrected chi connectivity index (χ0v) is 18.2. The quantitative estimate of drug-likeness (QED) is 0.630. The molecule has 2 atom stereocenters. The van der Waals surface area contributed by atoms with Crippen LogP contribution in [0.15, 0.2) is 54.7 Å². The first-order valence-corrected chi connectivity index (χ1v) is 10.4. The third kappa shape index (κ3) is 4.44. The summed E-state index contributed by atoms with van der Waals surface area (Å²) < 4.78 is 18.7. The van der Waals surface area contributed by atoms with Crippen LogP contribution in [0.5, 0.6) is 11.5 Å². The second-order valence-corrected chi connectivity index (χ2v) is 7.64. The van der Waals surface area contributed by atoms with E-state index in [4.69, 9.17) is 19.3 Å². The number of benzene rings is 2. The summed E-state index contributed by atoms with van der Waals surface area (Å²) in [4.78, 5) is 2.34. The summed E-state index contributed by atoms with van der Waals surface area (Å²) in [5.74, 6) is 1.34. The van der Waals surface area contributed by atoms with Crippen molar-refractivity contribution >= 4 is 0 Å². The van der Waals surface area contributed by atoms with Crippen LogP contribution in [0.2, 0.25) is 0 Å². The molecule has 1 aromatic heterocycles. The maximum atomic E-state index is 10.0. The molecule has 1 saturated heterocycles. The first-order valence-electron chi connectivity index (χ1n) is 10.4. The van der Waals surface area contributed by atoms with Crippen molar-refractivity contribution in [2.75, 3.05) is 34.0 Å². The van der Waals surface area contributed by atoms with Crippen LogP contribution in [0, 0.1) is 6.92 Å². The highest BCUT2D eigenvalue weighted by molar-refractivity contribution is 5.44. The largest absolute Gasteiger partial charge is 0.493 e. The van der Waals surface area contributed by atoms with Gasteiger partial charge in [0.1, 0.15) is 6.10 Å². The number of hydrogen-bond acceptors (Lipinski definition) is 6. The van der Waals surface area contributed by atoms with Gasteiger partial charge in [-0.1, -0.05) is 24.3 Å². The van der Waals surface area contributed by atoms with Crippen molar-refractivity contribution in [3.05, 3.63) is 71.5 Å². The predicted molar refractivity (Wildman–Crippen MR) is 118 cm³/mol. The molecule has 1 fully saturated rings. The number of para-hydroxylation sites is 1. The molecule has 0 bridgehead atoms. The summed E-state index contributed by atoms with van der Waals surface area (Å²) in [5.41, 5.74) is 4.18. The lowest BCUT2D eigenvalue weighted by Gasteiger charge is -2.41. The molecule has 0 radical (unpaired) electrons. The van der Waals surface area contributed by atoms with Crippen LogP contribution in [0.4, 0.5) is 0 Å². The van der Waals surface area contributed by atoms with Crippen molar-refractivity contribution in [1.82, 2.24) is 14.7 Å². The second kappa shape index (κ2) is 9.51. The molecule has 3 aromatic rings. The minimum atomic E-state index is -0.323. The molecule has 0 unspecified atom stereocenters. The van der Waals surface area contributed by atoms with E-state index in [1.807, 2.05) is 60.1 Å². The molecule has 31 heavy (non-hydrogen) atoms. The highest BCUT2D eigenvalue weighted by Crippen LogP contribution is 2.36. The first-order chi connectivity index (χ1) is 15.1. The Hall–Kier alpha value is -2.87. The minimum Gasteiger partial charge on any atom is -0.493 e. The zero-order chi connectivity index (χ0) is 21.8. The molecule has 0 spiro atoms. The van der Waals surface area contributed by atoms with Gasteiger partial charge in [0.05, 0.1) is 44.9 Å². The molecule has 7 heteroatoms. The monoisotopic (exact) mass is 423 g/mol. The van der Waals surface area contributed by atoms with Crippen molar-refractivity contribution in [3.63, 3.8) is 0 Å². The summed E-state index contributed by atoms with van der Waals surface area (Å²) in [7, 11) is 3.25. The van der Waals surface area contributed by atoms with Crippen molar-refractivity contribution in [3.8, 4) is 17.2 Å². The number of aryl methyl sites for hydroxylation is 1. The van der Waals surface area contributed by atoms with Gasteiger partial charge in [-0.3, -0.25) is 4.90 Å². The van der Waals surface area contributed by atoms with E-state index in [9.17, 15) is 5.11 Å². The smallest absolute Gasteiger partial charge is 0.161 e. The van der Waals surface area contributed by atoms with Gasteiger partial charge in [0.2, 0.25) is 0 Å². The van der Waals surface area contributed by atoms with E-state index in [-0.39, 0.29) is 18.8 Å². The summed E-state index contributed by atoms with van der Waals surface area (Å²) in [6.45, 7) is 4.01. The Morgan fingerprint density at radius 3 is 2.58 bits per heavy atom. The number of ether oxygens (including phenoxy) is 3. The SMILES string of the molecule is COc1ccc([C@@H]2[C@@H](CO)OCCN2Cc2cn(-c3ccccc3)nc2C)cc1OC. The van der Waals surface area contributed by atoms with Gasteiger partial charge in [0.25, 0.3) is 0 Å². The van der Waals surface area contributed by atoms with E-state index in [2.05, 4.69) is 11.1 Å². The molecule has 2 aromatic carbocycles. The first kappa shape index (κ1) is 21.4. The normalized spacial score (nSPS) is 19.4. The number of aromatic nitrogens is 2. The van der Waals surface area contributed by atoms with E-state index in [0.717, 1.165) is 29.1 Å². The minimum absolute atomic E-state index is 0.0578. The van der Waals surface area contributed by atoms with Gasteiger partial charge in [0, 0.05) is 24.8 Å². The molecule has 4 rings (SSSR count). The zero-order valence-electron chi connectivity index (χ0n) is 18.2. The number of hydrogen-bond donors (Lipinski definition) is 1. The highest BCUT2D eigenvalue weighted by Gasteiger charge is 2.34. The van der Waals surface area contributed by atoms with Gasteiger partial charge in [0.15, 0.2) is 11.5 Å². The van der Waals surface area contributed by atoms with Crippen LogP contribution in [0.1, 0.15) is 22.9 Å². The standard InChI is InChI=1S/C24H29N3O4/c1-17-19(15-27(25-17)20-7-5-4-6-8-20)14-26-11-12-31-23(16-28)24(26)18-9-10-21(29-2)22(13-18)30-3/h4-10,13,15,23-24,28H,11-12,14,16H2,1-3H3/t23-,24-/m1/s1. The highest BCUT2D eigenvalue weighted by atomic mass is 16.5. The van der Waals surface area contributed by atoms with Crippen LogP contribution in [0.3, 0.4) is 0 Å². The Morgan fingerprint density at radius 2 is 1.87 bits per heavy atom. The van der Waals surface area contributed by atoms with Crippen molar-refractivity contribution < 1.29 is 19.3 Å². The van der Waals surface area contributed by atoms with Crippen molar-refractivity contribution in [2.45, 2.75) is 25.6 Å². The van der Waals surface area contributed by atoms with Gasteiger partial charge in [-0.25, -0.2) is 4.68 Å². The Bertz CT molecular complexity index is 1010. The van der Waals surface area contributed by atoms with Gasteiger partial charge < -0.3 is 19.3 Å². The fraction of sp³-hybridized carbons (Fsp3) is 0.375. The van der Waals surface area contributed by atoms with E-state index in [1.54, 1.807) is 14.2 Å². The predicted octanol–water partition coefficient (Wildman–Crippen LogP) is 3.13. The van der Waals surface area contributed by atoms with Crippen LogP contribution in [-0.2, 0) is 11.3 Å². The molecule has 1 aliphatic heterocycles. The Kier molecular flexibility index (Phi) is 6.56. The number of aliphatic hydroxyl groups excluding tert-OH is 1. The lowest BCUT2D eigenvalue weighted by Crippen LogP contribution is -2.46. The van der Waals surface area contributed by atoms with Crippen LogP contribution >= 0.6 is 0 Å². The lowest BCUT2D eigenvalue weighted by atomic mass is 9.97. The molecule has 0 amide bonds. The maximum absolute atomic E-state index is 10.0. The molecule has 0 aliphatic carbocycles. The van der Waals surface area contributed by atoms with Gasteiger partial charge in [-0.15, -0.1) is 0 Å².